The first-order valence-corrected chi connectivity index (χ1v) is 25.1. The SMILES string of the molecule is c1ccc(-c2ccc(-c3ccc(N(c4ccc(-c5ccc(-c6ccccc6)cc5)c(-c5ccccc5)c4)c4ccc(-c5ccc(-c6ccccc6)cc5)c(-c5ccccc5)c4)cc3-c3ccccc3)cc2)cc1. The van der Waals surface area contributed by atoms with Crippen molar-refractivity contribution < 1.29 is 0 Å². The second kappa shape index (κ2) is 20.4. The summed E-state index contributed by atoms with van der Waals surface area (Å²) in [7, 11) is 0. The molecule has 0 amide bonds. The summed E-state index contributed by atoms with van der Waals surface area (Å²) < 4.78 is 0. The van der Waals surface area contributed by atoms with Gasteiger partial charge in [0.25, 0.3) is 0 Å². The molecule has 0 saturated heterocycles. The molecule has 0 N–H and O–H groups in total. The van der Waals surface area contributed by atoms with E-state index in [0.717, 1.165) is 50.4 Å². The molecule has 0 saturated carbocycles. The number of rotatable bonds is 12. The molecule has 0 aliphatic carbocycles. The molecule has 0 radical (unpaired) electrons. The van der Waals surface area contributed by atoms with Crippen molar-refractivity contribution in [2.75, 3.05) is 4.90 Å². The van der Waals surface area contributed by atoms with Gasteiger partial charge in [-0.15, -0.1) is 0 Å². The molecule has 1 heteroatoms. The highest BCUT2D eigenvalue weighted by Crippen LogP contribution is 2.46. The summed E-state index contributed by atoms with van der Waals surface area (Å²) in [6.07, 6.45) is 0. The Bertz CT molecular complexity index is 3360. The molecule has 0 bridgehead atoms. The monoisotopic (exact) mass is 929 g/mol. The van der Waals surface area contributed by atoms with Crippen LogP contribution in [0.4, 0.5) is 17.1 Å². The van der Waals surface area contributed by atoms with E-state index in [1.165, 1.54) is 66.8 Å². The number of benzene rings is 12. The van der Waals surface area contributed by atoms with Gasteiger partial charge in [0.15, 0.2) is 0 Å². The Labute approximate surface area is 429 Å². The molecular weight excluding hydrogens is 879 g/mol. The Kier molecular flexibility index (Phi) is 12.5. The quantitative estimate of drug-likeness (QED) is 0.118. The van der Waals surface area contributed by atoms with Crippen molar-refractivity contribution in [1.82, 2.24) is 0 Å². The molecular formula is C72H51N. The van der Waals surface area contributed by atoms with Gasteiger partial charge in [0.1, 0.15) is 0 Å². The lowest BCUT2D eigenvalue weighted by atomic mass is 9.90. The normalized spacial score (nSPS) is 11.0. The van der Waals surface area contributed by atoms with Gasteiger partial charge >= 0.3 is 0 Å². The molecule has 0 heterocycles. The summed E-state index contributed by atoms with van der Waals surface area (Å²) in [5.74, 6) is 0. The number of hydrogen-bond donors (Lipinski definition) is 0. The summed E-state index contributed by atoms with van der Waals surface area (Å²) in [4.78, 5) is 2.44. The first kappa shape index (κ1) is 44.6. The molecule has 0 aromatic heterocycles. The minimum atomic E-state index is 1.06. The molecule has 12 aromatic carbocycles. The van der Waals surface area contributed by atoms with E-state index in [-0.39, 0.29) is 0 Å². The van der Waals surface area contributed by atoms with Crippen LogP contribution in [0.25, 0.3) is 100 Å². The van der Waals surface area contributed by atoms with Crippen LogP contribution < -0.4 is 4.90 Å². The molecule has 12 rings (SSSR count). The topological polar surface area (TPSA) is 3.24 Å². The van der Waals surface area contributed by atoms with Crippen LogP contribution in [0.15, 0.2) is 309 Å². The first-order chi connectivity index (χ1) is 36.2. The van der Waals surface area contributed by atoms with Crippen LogP contribution in [0.1, 0.15) is 0 Å². The Morgan fingerprint density at radius 1 is 0.137 bits per heavy atom. The zero-order valence-corrected chi connectivity index (χ0v) is 40.4. The van der Waals surface area contributed by atoms with Gasteiger partial charge < -0.3 is 4.90 Å². The van der Waals surface area contributed by atoms with Crippen molar-refractivity contribution in [3.8, 4) is 100 Å². The van der Waals surface area contributed by atoms with E-state index in [4.69, 9.17) is 0 Å². The van der Waals surface area contributed by atoms with Crippen LogP contribution in [0.5, 0.6) is 0 Å². The molecule has 0 spiro atoms. The van der Waals surface area contributed by atoms with Gasteiger partial charge in [-0.05, 0) is 137 Å². The molecule has 0 atom stereocenters. The maximum Gasteiger partial charge on any atom is 0.0468 e. The van der Waals surface area contributed by atoms with E-state index in [1.807, 2.05) is 0 Å². The number of hydrogen-bond acceptors (Lipinski definition) is 1. The van der Waals surface area contributed by atoms with Crippen LogP contribution in [0, 0.1) is 0 Å². The Morgan fingerprint density at radius 2 is 0.315 bits per heavy atom. The van der Waals surface area contributed by atoms with Crippen LogP contribution in [-0.4, -0.2) is 0 Å². The van der Waals surface area contributed by atoms with E-state index in [0.29, 0.717) is 0 Å². The number of nitrogens with zero attached hydrogens (tertiary/aromatic N) is 1. The van der Waals surface area contributed by atoms with Crippen molar-refractivity contribution in [2.24, 2.45) is 0 Å². The maximum atomic E-state index is 2.44. The van der Waals surface area contributed by atoms with Crippen molar-refractivity contribution >= 4 is 17.1 Å². The summed E-state index contributed by atoms with van der Waals surface area (Å²) in [5.41, 5.74) is 24.4. The first-order valence-electron chi connectivity index (χ1n) is 25.1. The average molecular weight is 930 g/mol. The smallest absolute Gasteiger partial charge is 0.0468 e. The fourth-order valence-corrected chi connectivity index (χ4v) is 10.2. The van der Waals surface area contributed by atoms with Crippen molar-refractivity contribution in [3.63, 3.8) is 0 Å². The molecule has 344 valence electrons. The molecule has 73 heavy (non-hydrogen) atoms. The van der Waals surface area contributed by atoms with Gasteiger partial charge in [-0.25, -0.2) is 0 Å². The van der Waals surface area contributed by atoms with Gasteiger partial charge in [-0.3, -0.25) is 0 Å². The van der Waals surface area contributed by atoms with Gasteiger partial charge in [-0.1, -0.05) is 273 Å². The van der Waals surface area contributed by atoms with Crippen LogP contribution >= 0.6 is 0 Å². The van der Waals surface area contributed by atoms with Gasteiger partial charge in [0.05, 0.1) is 0 Å². The summed E-state index contributed by atoms with van der Waals surface area (Å²) >= 11 is 0. The summed E-state index contributed by atoms with van der Waals surface area (Å²) in [6.45, 7) is 0. The standard InChI is InChI=1S/C72H51N/c1-7-19-52(20-8-1)55-31-37-61(38-32-55)67-46-43-64(49-70(67)58-25-13-4-14-26-58)73(65-44-47-68(71(50-65)59-27-15-5-16-28-59)62-39-33-56(34-40-62)53-21-9-2-10-22-53)66-45-48-69(72(51-66)60-29-17-6-18-30-60)63-41-35-57(36-42-63)54-23-11-3-12-24-54/h1-51H. The van der Waals surface area contributed by atoms with Crippen LogP contribution in [0.2, 0.25) is 0 Å². The second-order valence-electron chi connectivity index (χ2n) is 18.5. The minimum Gasteiger partial charge on any atom is -0.310 e. The maximum absolute atomic E-state index is 2.44. The summed E-state index contributed by atoms with van der Waals surface area (Å²) in [5, 5.41) is 0. The Morgan fingerprint density at radius 3 is 0.548 bits per heavy atom. The van der Waals surface area contributed by atoms with Gasteiger partial charge in [0, 0.05) is 17.1 Å². The largest absolute Gasteiger partial charge is 0.310 e. The molecule has 0 unspecified atom stereocenters. The fraction of sp³-hybridized carbons (Fsp3) is 0. The predicted octanol–water partition coefficient (Wildman–Crippen LogP) is 20.2. The Hall–Kier alpha value is -9.56. The molecule has 0 aliphatic heterocycles. The van der Waals surface area contributed by atoms with E-state index in [1.54, 1.807) is 0 Å². The zero-order valence-electron chi connectivity index (χ0n) is 40.4. The number of anilines is 3. The van der Waals surface area contributed by atoms with Crippen molar-refractivity contribution in [2.45, 2.75) is 0 Å². The third-order valence-electron chi connectivity index (χ3n) is 13.9. The van der Waals surface area contributed by atoms with Gasteiger partial charge in [0.2, 0.25) is 0 Å². The highest BCUT2D eigenvalue weighted by Gasteiger charge is 2.21. The van der Waals surface area contributed by atoms with E-state index < -0.39 is 0 Å². The molecule has 0 aliphatic rings. The predicted molar refractivity (Wildman–Crippen MR) is 310 cm³/mol. The van der Waals surface area contributed by atoms with Gasteiger partial charge in [-0.2, -0.15) is 0 Å². The minimum absolute atomic E-state index is 1.06. The second-order valence-corrected chi connectivity index (χ2v) is 18.5. The van der Waals surface area contributed by atoms with Crippen molar-refractivity contribution in [3.05, 3.63) is 309 Å². The molecule has 12 aromatic rings. The fourth-order valence-electron chi connectivity index (χ4n) is 10.2. The lowest BCUT2D eigenvalue weighted by molar-refractivity contribution is 1.28. The van der Waals surface area contributed by atoms with E-state index in [2.05, 4.69) is 314 Å². The average Bonchev–Trinajstić information content (AvgIpc) is 3.49. The lowest BCUT2D eigenvalue weighted by Gasteiger charge is -2.29. The van der Waals surface area contributed by atoms with E-state index >= 15 is 0 Å². The molecule has 0 fully saturated rings. The third-order valence-corrected chi connectivity index (χ3v) is 13.9. The zero-order chi connectivity index (χ0) is 48.8. The van der Waals surface area contributed by atoms with Crippen LogP contribution in [0.3, 0.4) is 0 Å². The Balaban J connectivity index is 1.04. The summed E-state index contributed by atoms with van der Waals surface area (Å²) in [6, 6.07) is 112. The lowest BCUT2D eigenvalue weighted by Crippen LogP contribution is -2.11. The van der Waals surface area contributed by atoms with E-state index in [9.17, 15) is 0 Å². The highest BCUT2D eigenvalue weighted by molar-refractivity contribution is 5.95. The van der Waals surface area contributed by atoms with Crippen LogP contribution in [-0.2, 0) is 0 Å². The van der Waals surface area contributed by atoms with Crippen molar-refractivity contribution in [1.29, 1.82) is 0 Å². The third kappa shape index (κ3) is 9.44. The highest BCUT2D eigenvalue weighted by atomic mass is 15.1. The molecule has 1 nitrogen and oxygen atoms in total.